The first-order valence-electron chi connectivity index (χ1n) is 12.3. The van der Waals surface area contributed by atoms with Crippen LogP contribution in [0.5, 0.6) is 17.2 Å². The molecule has 0 radical (unpaired) electrons. The highest BCUT2D eigenvalue weighted by Crippen LogP contribution is 2.45. The van der Waals surface area contributed by atoms with Gasteiger partial charge in [0.1, 0.15) is 28.3 Å². The number of hydrogen-bond donors (Lipinski definition) is 1. The minimum Gasteiger partial charge on any atom is -0.497 e. The smallest absolute Gasteiger partial charge is 0.342 e. The van der Waals surface area contributed by atoms with Crippen LogP contribution >= 0.6 is 11.7 Å². The summed E-state index contributed by atoms with van der Waals surface area (Å²) < 4.78 is 31.0. The molecule has 1 aromatic heterocycles. The number of aromatic nitrogens is 2. The highest BCUT2D eigenvalue weighted by molar-refractivity contribution is 7.00. The molecule has 0 bridgehead atoms. The van der Waals surface area contributed by atoms with Crippen LogP contribution in [-0.4, -0.2) is 40.6 Å². The molecule has 1 N–H and O–H groups in total. The van der Waals surface area contributed by atoms with Gasteiger partial charge in [0.15, 0.2) is 0 Å². The van der Waals surface area contributed by atoms with Crippen molar-refractivity contribution < 1.29 is 28.8 Å². The Bertz CT molecular complexity index is 1500. The first-order valence-corrected chi connectivity index (χ1v) is 13.1. The molecule has 0 aliphatic carbocycles. The number of carbonyl (C=O) groups is 1. The number of hydrogen-bond acceptors (Lipinski definition) is 9. The number of unbranched alkanes of at least 4 members (excludes halogenated alkanes) is 1. The van der Waals surface area contributed by atoms with Gasteiger partial charge in [0.05, 0.1) is 38.1 Å². The zero-order chi connectivity index (χ0) is 26.7. The number of fused-ring (bicyclic) bond motifs is 1. The molecule has 3 aromatic carbocycles. The third-order valence-electron chi connectivity index (χ3n) is 6.50. The fraction of sp³-hybridized carbons (Fsp3) is 0.276. The van der Waals surface area contributed by atoms with E-state index in [0.29, 0.717) is 46.1 Å². The van der Waals surface area contributed by atoms with Crippen LogP contribution in [0.3, 0.4) is 0 Å². The Morgan fingerprint density at radius 2 is 1.66 bits per heavy atom. The van der Waals surface area contributed by atoms with Crippen LogP contribution in [0, 0.1) is 0 Å². The second-order valence-electron chi connectivity index (χ2n) is 8.98. The molecule has 1 aliphatic rings. The molecular weight excluding hydrogens is 504 g/mol. The molecule has 38 heavy (non-hydrogen) atoms. The SMILES string of the molecule is CCCCOc1cc(CC2=C(c3ccc4nsnc4c3)C(=O)OC2(O)c2ccc(OC)cc2)cc(OC)c1. The van der Waals surface area contributed by atoms with E-state index in [9.17, 15) is 9.90 Å². The van der Waals surface area contributed by atoms with Crippen molar-refractivity contribution in [2.24, 2.45) is 0 Å². The summed E-state index contributed by atoms with van der Waals surface area (Å²) in [6.07, 6.45) is 2.15. The number of methoxy groups -OCH3 is 2. The van der Waals surface area contributed by atoms with Crippen LogP contribution in [0.15, 0.2) is 66.2 Å². The summed E-state index contributed by atoms with van der Waals surface area (Å²) in [5.74, 6) is -0.716. The van der Waals surface area contributed by atoms with E-state index in [2.05, 4.69) is 15.7 Å². The normalized spacial score (nSPS) is 17.1. The monoisotopic (exact) mass is 532 g/mol. The summed E-state index contributed by atoms with van der Waals surface area (Å²) >= 11 is 1.10. The Labute approximate surface area is 224 Å². The number of carbonyl (C=O) groups excluding carboxylic acids is 1. The minimum atomic E-state index is -1.99. The number of nitrogens with zero attached hydrogens (tertiary/aromatic N) is 2. The Balaban J connectivity index is 1.64. The van der Waals surface area contributed by atoms with Crippen LogP contribution in [0.4, 0.5) is 0 Å². The fourth-order valence-corrected chi connectivity index (χ4v) is 5.02. The third kappa shape index (κ3) is 4.94. The Morgan fingerprint density at radius 3 is 2.39 bits per heavy atom. The lowest BCUT2D eigenvalue weighted by molar-refractivity contribution is -0.185. The predicted octanol–water partition coefficient (Wildman–Crippen LogP) is 5.29. The van der Waals surface area contributed by atoms with Crippen molar-refractivity contribution in [1.29, 1.82) is 0 Å². The zero-order valence-corrected chi connectivity index (χ0v) is 22.2. The first-order chi connectivity index (χ1) is 18.4. The molecule has 196 valence electrons. The third-order valence-corrected chi connectivity index (χ3v) is 7.06. The summed E-state index contributed by atoms with van der Waals surface area (Å²) in [5.41, 5.74) is 3.90. The molecule has 1 unspecified atom stereocenters. The maximum Gasteiger partial charge on any atom is 0.342 e. The average Bonchev–Trinajstić information content (AvgIpc) is 3.50. The van der Waals surface area contributed by atoms with Gasteiger partial charge >= 0.3 is 5.97 Å². The quantitative estimate of drug-likeness (QED) is 0.217. The van der Waals surface area contributed by atoms with Gasteiger partial charge in [-0.1, -0.05) is 19.4 Å². The number of esters is 1. The van der Waals surface area contributed by atoms with Crippen LogP contribution in [-0.2, 0) is 21.7 Å². The van der Waals surface area contributed by atoms with Gasteiger partial charge < -0.3 is 24.1 Å². The number of cyclic esters (lactones) is 1. The van der Waals surface area contributed by atoms with Crippen molar-refractivity contribution in [3.8, 4) is 17.2 Å². The van der Waals surface area contributed by atoms with Crippen LogP contribution in [0.2, 0.25) is 0 Å². The molecule has 9 heteroatoms. The van der Waals surface area contributed by atoms with Gasteiger partial charge in [0, 0.05) is 23.6 Å². The predicted molar refractivity (Wildman–Crippen MR) is 144 cm³/mol. The maximum atomic E-state index is 13.4. The molecule has 0 spiro atoms. The number of rotatable bonds is 10. The van der Waals surface area contributed by atoms with Gasteiger partial charge in [0.25, 0.3) is 5.79 Å². The van der Waals surface area contributed by atoms with E-state index in [1.165, 1.54) is 0 Å². The molecule has 4 aromatic rings. The Hall–Kier alpha value is -3.95. The first kappa shape index (κ1) is 25.7. The summed E-state index contributed by atoms with van der Waals surface area (Å²) in [4.78, 5) is 13.4. The molecule has 0 fully saturated rings. The van der Waals surface area contributed by atoms with Crippen molar-refractivity contribution in [2.75, 3.05) is 20.8 Å². The van der Waals surface area contributed by atoms with E-state index in [0.717, 1.165) is 35.6 Å². The van der Waals surface area contributed by atoms with Gasteiger partial charge in [-0.05, 0) is 66.1 Å². The fourth-order valence-electron chi connectivity index (χ4n) is 4.50. The van der Waals surface area contributed by atoms with E-state index in [4.69, 9.17) is 18.9 Å². The zero-order valence-electron chi connectivity index (χ0n) is 21.4. The molecule has 1 aliphatic heterocycles. The lowest BCUT2D eigenvalue weighted by atomic mass is 9.88. The molecular formula is C29H28N2O6S. The molecule has 8 nitrogen and oxygen atoms in total. The topological polar surface area (TPSA) is 100 Å². The molecule has 2 heterocycles. The highest BCUT2D eigenvalue weighted by Gasteiger charge is 2.48. The molecule has 0 saturated heterocycles. The lowest BCUT2D eigenvalue weighted by Crippen LogP contribution is -2.29. The van der Waals surface area contributed by atoms with E-state index in [1.807, 2.05) is 24.3 Å². The summed E-state index contributed by atoms with van der Waals surface area (Å²) in [5, 5.41) is 12.0. The van der Waals surface area contributed by atoms with Gasteiger partial charge in [-0.3, -0.25) is 0 Å². The van der Waals surface area contributed by atoms with Crippen molar-refractivity contribution >= 4 is 34.3 Å². The van der Waals surface area contributed by atoms with Crippen molar-refractivity contribution in [2.45, 2.75) is 32.0 Å². The van der Waals surface area contributed by atoms with E-state index < -0.39 is 11.8 Å². The van der Waals surface area contributed by atoms with Crippen LogP contribution in [0.25, 0.3) is 16.6 Å². The summed E-state index contributed by atoms with van der Waals surface area (Å²) in [6, 6.07) is 17.8. The molecule has 0 amide bonds. The second-order valence-corrected chi connectivity index (χ2v) is 9.51. The van der Waals surface area contributed by atoms with Gasteiger partial charge in [0.2, 0.25) is 0 Å². The average molecular weight is 533 g/mol. The summed E-state index contributed by atoms with van der Waals surface area (Å²) in [7, 11) is 3.15. The van der Waals surface area contributed by atoms with E-state index >= 15 is 0 Å². The molecule has 1 atom stereocenters. The number of benzene rings is 3. The maximum absolute atomic E-state index is 13.4. The number of ether oxygens (including phenoxy) is 4. The van der Waals surface area contributed by atoms with Gasteiger partial charge in [-0.2, -0.15) is 8.75 Å². The van der Waals surface area contributed by atoms with E-state index in [-0.39, 0.29) is 12.0 Å². The van der Waals surface area contributed by atoms with Crippen molar-refractivity contribution in [1.82, 2.24) is 8.75 Å². The minimum absolute atomic E-state index is 0.207. The lowest BCUT2D eigenvalue weighted by Gasteiger charge is -2.26. The van der Waals surface area contributed by atoms with E-state index in [1.54, 1.807) is 50.6 Å². The Morgan fingerprint density at radius 1 is 0.921 bits per heavy atom. The van der Waals surface area contributed by atoms with Crippen molar-refractivity contribution in [3.05, 3.63) is 82.9 Å². The molecule has 5 rings (SSSR count). The second kappa shape index (κ2) is 10.8. The van der Waals surface area contributed by atoms with Gasteiger partial charge in [-0.25, -0.2) is 4.79 Å². The Kier molecular flexibility index (Phi) is 7.31. The standard InChI is InChI=1S/C29H28N2O6S/c1-4-5-12-36-23-14-18(13-22(17-23)35-3)15-24-27(19-6-11-25-26(16-19)31-38-30-25)28(32)37-29(24,33)20-7-9-21(34-2)10-8-20/h6-11,13-14,16-17,33H,4-5,12,15H2,1-3H3. The van der Waals surface area contributed by atoms with Crippen molar-refractivity contribution in [3.63, 3.8) is 0 Å². The van der Waals surface area contributed by atoms with Crippen LogP contribution in [0.1, 0.15) is 36.5 Å². The largest absolute Gasteiger partial charge is 0.497 e. The molecule has 0 saturated carbocycles. The highest BCUT2D eigenvalue weighted by atomic mass is 32.1. The number of aliphatic hydroxyl groups is 1. The summed E-state index contributed by atoms with van der Waals surface area (Å²) in [6.45, 7) is 2.68. The van der Waals surface area contributed by atoms with Crippen LogP contribution < -0.4 is 14.2 Å². The van der Waals surface area contributed by atoms with Gasteiger partial charge in [-0.15, -0.1) is 0 Å².